The topological polar surface area (TPSA) is 31.6 Å². The van der Waals surface area contributed by atoms with E-state index in [9.17, 15) is 0 Å². The fourth-order valence-electron chi connectivity index (χ4n) is 0.661. The Morgan fingerprint density at radius 3 is 1.23 bits per heavy atom. The number of H-pyrrole nitrogens is 2. The van der Waals surface area contributed by atoms with Gasteiger partial charge >= 0.3 is 0 Å². The van der Waals surface area contributed by atoms with Crippen molar-refractivity contribution >= 4 is 41.8 Å². The van der Waals surface area contributed by atoms with E-state index in [-0.39, 0.29) is 29.6 Å². The molecule has 0 fully saturated rings. The smallest absolute Gasteiger partial charge is 0.174 e. The minimum absolute atomic E-state index is 0. The standard InChI is InChI=1S/C6H6.C3H4N2S.Na/c1-2-4-6-5-3-1;6-3-4-1-2-5-3;/h1-6H;1-2H,(H2,4,5,6);. The molecule has 0 aliphatic rings. The van der Waals surface area contributed by atoms with Gasteiger partial charge in [0.1, 0.15) is 0 Å². The number of hydrogen-bond donors (Lipinski definition) is 2. The van der Waals surface area contributed by atoms with Gasteiger partial charge in [0.15, 0.2) is 4.77 Å². The van der Waals surface area contributed by atoms with E-state index in [1.807, 2.05) is 36.4 Å². The molecule has 0 amide bonds. The summed E-state index contributed by atoms with van der Waals surface area (Å²) in [4.78, 5) is 5.52. The number of benzene rings is 1. The Balaban J connectivity index is 0.000000206. The predicted molar refractivity (Wildman–Crippen MR) is 58.2 cm³/mol. The average Bonchev–Trinajstić information content (AvgIpc) is 2.60. The van der Waals surface area contributed by atoms with Gasteiger partial charge in [-0.2, -0.15) is 0 Å². The van der Waals surface area contributed by atoms with Gasteiger partial charge < -0.3 is 9.97 Å². The van der Waals surface area contributed by atoms with Crippen molar-refractivity contribution in [1.29, 1.82) is 0 Å². The largest absolute Gasteiger partial charge is 0.338 e. The second-order valence-electron chi connectivity index (χ2n) is 2.11. The van der Waals surface area contributed by atoms with E-state index in [1.165, 1.54) is 0 Å². The normalized spacial score (nSPS) is 7.69. The number of nitrogens with one attached hydrogen (secondary N) is 2. The SMILES string of the molecule is S=c1[nH]cc[nH]1.[Na].c1ccccc1. The van der Waals surface area contributed by atoms with Gasteiger partial charge in [0.25, 0.3) is 0 Å². The van der Waals surface area contributed by atoms with Crippen LogP contribution in [0.3, 0.4) is 0 Å². The van der Waals surface area contributed by atoms with Gasteiger partial charge in [-0.1, -0.05) is 36.4 Å². The fraction of sp³-hybridized carbons (Fsp3) is 0. The molecule has 13 heavy (non-hydrogen) atoms. The average molecular weight is 201 g/mol. The molecule has 1 aromatic heterocycles. The predicted octanol–water partition coefficient (Wildman–Crippen LogP) is 2.38. The Morgan fingerprint density at radius 2 is 1.08 bits per heavy atom. The van der Waals surface area contributed by atoms with Crippen molar-refractivity contribution in [1.82, 2.24) is 9.97 Å². The molecule has 0 saturated carbocycles. The maximum Gasteiger partial charge on any atom is 0.174 e. The zero-order valence-corrected chi connectivity index (χ0v) is 10.3. The molecule has 0 unspecified atom stereocenters. The van der Waals surface area contributed by atoms with Crippen LogP contribution in [-0.4, -0.2) is 39.5 Å². The number of rotatable bonds is 0. The van der Waals surface area contributed by atoms with Crippen LogP contribution in [0, 0.1) is 4.77 Å². The second-order valence-corrected chi connectivity index (χ2v) is 2.51. The molecule has 2 aromatic rings. The third kappa shape index (κ3) is 6.78. The van der Waals surface area contributed by atoms with Crippen molar-refractivity contribution in [3.05, 3.63) is 53.6 Å². The molecule has 2 N–H and O–H groups in total. The van der Waals surface area contributed by atoms with E-state index >= 15 is 0 Å². The van der Waals surface area contributed by atoms with E-state index in [4.69, 9.17) is 0 Å². The Hall–Kier alpha value is -0.350. The number of aromatic nitrogens is 2. The van der Waals surface area contributed by atoms with Crippen molar-refractivity contribution in [3.8, 4) is 0 Å². The van der Waals surface area contributed by atoms with Gasteiger partial charge in [-0.3, -0.25) is 0 Å². The molecular weight excluding hydrogens is 191 g/mol. The van der Waals surface area contributed by atoms with E-state index in [1.54, 1.807) is 12.4 Å². The monoisotopic (exact) mass is 201 g/mol. The van der Waals surface area contributed by atoms with Gasteiger partial charge in [0.05, 0.1) is 0 Å². The Labute approximate surface area is 105 Å². The number of aromatic amines is 2. The minimum atomic E-state index is 0. The fourth-order valence-corrected chi connectivity index (χ4v) is 0.797. The van der Waals surface area contributed by atoms with Crippen LogP contribution < -0.4 is 0 Å². The Kier molecular flexibility index (Phi) is 8.04. The van der Waals surface area contributed by atoms with Crippen LogP contribution in [0.4, 0.5) is 0 Å². The van der Waals surface area contributed by atoms with Crippen molar-refractivity contribution in [2.45, 2.75) is 0 Å². The summed E-state index contributed by atoms with van der Waals surface area (Å²) in [5, 5.41) is 0. The van der Waals surface area contributed by atoms with Crippen LogP contribution in [0.1, 0.15) is 0 Å². The van der Waals surface area contributed by atoms with Crippen LogP contribution in [0.15, 0.2) is 48.8 Å². The summed E-state index contributed by atoms with van der Waals surface area (Å²) >= 11 is 4.63. The maximum absolute atomic E-state index is 4.63. The van der Waals surface area contributed by atoms with Crippen molar-refractivity contribution in [2.75, 3.05) is 0 Å². The molecule has 63 valence electrons. The summed E-state index contributed by atoms with van der Waals surface area (Å²) in [6.45, 7) is 0. The third-order valence-electron chi connectivity index (χ3n) is 1.18. The van der Waals surface area contributed by atoms with Gasteiger partial charge in [-0.25, -0.2) is 0 Å². The molecular formula is C9H10N2NaS. The maximum atomic E-state index is 4.63. The van der Waals surface area contributed by atoms with Crippen LogP contribution in [-0.2, 0) is 0 Å². The summed E-state index contributed by atoms with van der Waals surface area (Å²) in [5.41, 5.74) is 0. The van der Waals surface area contributed by atoms with Crippen LogP contribution in [0.2, 0.25) is 0 Å². The molecule has 1 heterocycles. The van der Waals surface area contributed by atoms with Gasteiger partial charge in [-0.15, -0.1) is 0 Å². The third-order valence-corrected chi connectivity index (χ3v) is 1.41. The summed E-state index contributed by atoms with van der Waals surface area (Å²) < 4.78 is 0.676. The second kappa shape index (κ2) is 8.26. The molecule has 0 bridgehead atoms. The number of imidazole rings is 1. The van der Waals surface area contributed by atoms with Crippen LogP contribution in [0.25, 0.3) is 0 Å². The van der Waals surface area contributed by atoms with Crippen LogP contribution >= 0.6 is 12.2 Å². The number of hydrogen-bond acceptors (Lipinski definition) is 1. The molecule has 1 aromatic carbocycles. The first-order valence-electron chi connectivity index (χ1n) is 3.61. The quantitative estimate of drug-likeness (QED) is 0.497. The van der Waals surface area contributed by atoms with Gasteiger partial charge in [0.2, 0.25) is 0 Å². The molecule has 0 atom stereocenters. The Morgan fingerprint density at radius 1 is 0.769 bits per heavy atom. The minimum Gasteiger partial charge on any atom is -0.338 e. The molecule has 0 aliphatic heterocycles. The van der Waals surface area contributed by atoms with E-state index in [0.29, 0.717) is 4.77 Å². The van der Waals surface area contributed by atoms with Gasteiger partial charge in [0, 0.05) is 42.0 Å². The first kappa shape index (κ1) is 12.7. The van der Waals surface area contributed by atoms with E-state index < -0.39 is 0 Å². The van der Waals surface area contributed by atoms with Gasteiger partial charge in [-0.05, 0) is 12.2 Å². The zero-order chi connectivity index (χ0) is 8.65. The zero-order valence-electron chi connectivity index (χ0n) is 7.53. The van der Waals surface area contributed by atoms with Crippen molar-refractivity contribution in [2.24, 2.45) is 0 Å². The molecule has 1 radical (unpaired) electrons. The van der Waals surface area contributed by atoms with Crippen molar-refractivity contribution < 1.29 is 0 Å². The first-order chi connectivity index (χ1) is 5.89. The summed E-state index contributed by atoms with van der Waals surface area (Å²) in [7, 11) is 0. The summed E-state index contributed by atoms with van der Waals surface area (Å²) in [6, 6.07) is 12.0. The molecule has 0 aliphatic carbocycles. The first-order valence-corrected chi connectivity index (χ1v) is 4.02. The van der Waals surface area contributed by atoms with E-state index in [2.05, 4.69) is 22.2 Å². The van der Waals surface area contributed by atoms with E-state index in [0.717, 1.165) is 0 Å². The summed E-state index contributed by atoms with van der Waals surface area (Å²) in [6.07, 6.45) is 3.50. The van der Waals surface area contributed by atoms with Crippen LogP contribution in [0.5, 0.6) is 0 Å². The molecule has 0 saturated heterocycles. The Bertz CT molecular complexity index is 298. The summed E-state index contributed by atoms with van der Waals surface area (Å²) in [5.74, 6) is 0. The van der Waals surface area contributed by atoms with Crippen molar-refractivity contribution in [3.63, 3.8) is 0 Å². The molecule has 0 spiro atoms. The molecule has 2 rings (SSSR count). The molecule has 4 heteroatoms. The molecule has 2 nitrogen and oxygen atoms in total.